The van der Waals surface area contributed by atoms with Crippen LogP contribution < -0.4 is 14.8 Å². The zero-order valence-corrected chi connectivity index (χ0v) is 15.3. The Morgan fingerprint density at radius 2 is 1.73 bits per heavy atom. The van der Waals surface area contributed by atoms with Crippen LogP contribution in [-0.4, -0.2) is 36.2 Å². The summed E-state index contributed by atoms with van der Waals surface area (Å²) < 4.78 is 15.7. The molecule has 0 saturated heterocycles. The average Bonchev–Trinajstić information content (AvgIpc) is 2.64. The molecule has 2 rings (SSSR count). The average molecular weight is 379 g/mol. The van der Waals surface area contributed by atoms with Crippen molar-refractivity contribution in [1.29, 1.82) is 0 Å². The van der Waals surface area contributed by atoms with Gasteiger partial charge in [0.15, 0.2) is 17.4 Å². The van der Waals surface area contributed by atoms with Crippen LogP contribution in [0.5, 0.6) is 11.5 Å². The number of esters is 1. The van der Waals surface area contributed by atoms with E-state index in [1.54, 1.807) is 43.5 Å². The molecule has 2 atom stereocenters. The molecular formula is C18H19ClN2O5. The van der Waals surface area contributed by atoms with Gasteiger partial charge in [0.25, 0.3) is 5.91 Å². The van der Waals surface area contributed by atoms with Gasteiger partial charge in [0.05, 0.1) is 12.8 Å². The SMILES string of the molecule is COc1ccc(OC(C)C(=O)OC(C)C(=O)Nc2cccnc2Cl)cc1. The van der Waals surface area contributed by atoms with Gasteiger partial charge < -0.3 is 19.5 Å². The van der Waals surface area contributed by atoms with Gasteiger partial charge in [0.2, 0.25) is 0 Å². The molecule has 26 heavy (non-hydrogen) atoms. The third kappa shape index (κ3) is 5.35. The maximum absolute atomic E-state index is 12.1. The van der Waals surface area contributed by atoms with Crippen LogP contribution in [0.1, 0.15) is 13.8 Å². The lowest BCUT2D eigenvalue weighted by atomic mass is 10.3. The summed E-state index contributed by atoms with van der Waals surface area (Å²) in [4.78, 5) is 28.1. The first-order valence-corrected chi connectivity index (χ1v) is 8.21. The van der Waals surface area contributed by atoms with E-state index in [2.05, 4.69) is 10.3 Å². The number of pyridine rings is 1. The number of methoxy groups -OCH3 is 1. The van der Waals surface area contributed by atoms with Crippen LogP contribution in [0, 0.1) is 0 Å². The molecule has 138 valence electrons. The van der Waals surface area contributed by atoms with Crippen molar-refractivity contribution in [3.05, 3.63) is 47.7 Å². The molecule has 8 heteroatoms. The summed E-state index contributed by atoms with van der Waals surface area (Å²) in [5.41, 5.74) is 0.338. The summed E-state index contributed by atoms with van der Waals surface area (Å²) in [6.07, 6.45) is -0.416. The Morgan fingerprint density at radius 3 is 2.35 bits per heavy atom. The Hall–Kier alpha value is -2.80. The number of carbonyl (C=O) groups excluding carboxylic acids is 2. The predicted molar refractivity (Wildman–Crippen MR) is 96.5 cm³/mol. The molecule has 0 fully saturated rings. The fourth-order valence-electron chi connectivity index (χ4n) is 1.94. The van der Waals surface area contributed by atoms with Crippen molar-refractivity contribution in [3.8, 4) is 11.5 Å². The van der Waals surface area contributed by atoms with E-state index >= 15 is 0 Å². The summed E-state index contributed by atoms with van der Waals surface area (Å²) in [5, 5.41) is 2.70. The highest BCUT2D eigenvalue weighted by molar-refractivity contribution is 6.32. The van der Waals surface area contributed by atoms with Gasteiger partial charge in [-0.3, -0.25) is 4.79 Å². The van der Waals surface area contributed by atoms with E-state index in [1.807, 2.05) is 0 Å². The maximum atomic E-state index is 12.1. The Labute approximate surface area is 156 Å². The van der Waals surface area contributed by atoms with Crippen LogP contribution in [0.4, 0.5) is 5.69 Å². The van der Waals surface area contributed by atoms with Crippen molar-refractivity contribution in [2.75, 3.05) is 12.4 Å². The number of nitrogens with zero attached hydrogens (tertiary/aromatic N) is 1. The van der Waals surface area contributed by atoms with Crippen LogP contribution in [0.3, 0.4) is 0 Å². The standard InChI is InChI=1S/C18H19ClN2O5/c1-11(17(22)21-15-5-4-10-20-16(15)19)26-18(23)12(2)25-14-8-6-13(24-3)7-9-14/h4-12H,1-3H3,(H,21,22). The lowest BCUT2D eigenvalue weighted by Gasteiger charge is -2.18. The number of hydrogen-bond donors (Lipinski definition) is 1. The third-order valence-electron chi connectivity index (χ3n) is 3.38. The first-order chi connectivity index (χ1) is 12.4. The van der Waals surface area contributed by atoms with Crippen LogP contribution in [0.15, 0.2) is 42.6 Å². The van der Waals surface area contributed by atoms with E-state index < -0.39 is 24.1 Å². The molecule has 2 unspecified atom stereocenters. The largest absolute Gasteiger partial charge is 0.497 e. The van der Waals surface area contributed by atoms with E-state index in [1.165, 1.54) is 20.0 Å². The second-order valence-electron chi connectivity index (χ2n) is 5.35. The molecule has 0 aliphatic heterocycles. The minimum atomic E-state index is -1.03. The number of amides is 1. The number of rotatable bonds is 7. The second kappa shape index (κ2) is 9.05. The predicted octanol–water partition coefficient (Wildman–Crippen LogP) is 3.08. The van der Waals surface area contributed by atoms with E-state index in [9.17, 15) is 9.59 Å². The van der Waals surface area contributed by atoms with Gasteiger partial charge in [-0.05, 0) is 50.2 Å². The highest BCUT2D eigenvalue weighted by Crippen LogP contribution is 2.19. The molecule has 0 bridgehead atoms. The Balaban J connectivity index is 1.88. The molecule has 1 amide bonds. The van der Waals surface area contributed by atoms with Crippen molar-refractivity contribution in [3.63, 3.8) is 0 Å². The smallest absolute Gasteiger partial charge is 0.347 e. The Morgan fingerprint density at radius 1 is 1.08 bits per heavy atom. The summed E-state index contributed by atoms with van der Waals surface area (Å²) in [6, 6.07) is 9.98. The highest BCUT2D eigenvalue weighted by Gasteiger charge is 2.23. The molecule has 1 heterocycles. The van der Waals surface area contributed by atoms with Crippen molar-refractivity contribution < 1.29 is 23.8 Å². The quantitative estimate of drug-likeness (QED) is 0.588. The van der Waals surface area contributed by atoms with Crippen LogP contribution in [0.2, 0.25) is 5.15 Å². The normalized spacial score (nSPS) is 12.6. The molecular weight excluding hydrogens is 360 g/mol. The molecule has 7 nitrogen and oxygen atoms in total. The van der Waals surface area contributed by atoms with Gasteiger partial charge >= 0.3 is 5.97 Å². The molecule has 0 radical (unpaired) electrons. The van der Waals surface area contributed by atoms with Gasteiger partial charge in [-0.25, -0.2) is 9.78 Å². The topological polar surface area (TPSA) is 86.8 Å². The molecule has 0 spiro atoms. The minimum absolute atomic E-state index is 0.149. The van der Waals surface area contributed by atoms with Crippen molar-refractivity contribution in [1.82, 2.24) is 4.98 Å². The molecule has 1 aromatic carbocycles. The number of ether oxygens (including phenoxy) is 3. The molecule has 0 aliphatic rings. The number of aromatic nitrogens is 1. The van der Waals surface area contributed by atoms with Gasteiger partial charge in [-0.15, -0.1) is 0 Å². The summed E-state index contributed by atoms with van der Waals surface area (Å²) in [5.74, 6) is -0.0351. The van der Waals surface area contributed by atoms with E-state index in [-0.39, 0.29) is 5.15 Å². The molecule has 1 aromatic heterocycles. The summed E-state index contributed by atoms with van der Waals surface area (Å²) in [6.45, 7) is 2.99. The van der Waals surface area contributed by atoms with Crippen LogP contribution in [0.25, 0.3) is 0 Å². The summed E-state index contributed by atoms with van der Waals surface area (Å²) >= 11 is 5.88. The Kier molecular flexibility index (Phi) is 6.80. The number of hydrogen-bond acceptors (Lipinski definition) is 6. The zero-order valence-electron chi connectivity index (χ0n) is 14.6. The number of carbonyl (C=O) groups is 2. The highest BCUT2D eigenvalue weighted by atomic mass is 35.5. The van der Waals surface area contributed by atoms with E-state index in [4.69, 9.17) is 25.8 Å². The van der Waals surface area contributed by atoms with Crippen LogP contribution >= 0.6 is 11.6 Å². The van der Waals surface area contributed by atoms with E-state index in [0.717, 1.165) is 0 Å². The second-order valence-corrected chi connectivity index (χ2v) is 5.70. The van der Waals surface area contributed by atoms with Crippen LogP contribution in [-0.2, 0) is 14.3 Å². The molecule has 2 aromatic rings. The van der Waals surface area contributed by atoms with Crippen molar-refractivity contribution in [2.24, 2.45) is 0 Å². The minimum Gasteiger partial charge on any atom is -0.497 e. The van der Waals surface area contributed by atoms with Gasteiger partial charge in [0, 0.05) is 6.20 Å². The van der Waals surface area contributed by atoms with Gasteiger partial charge in [-0.1, -0.05) is 11.6 Å². The van der Waals surface area contributed by atoms with Gasteiger partial charge in [0.1, 0.15) is 11.5 Å². The third-order valence-corrected chi connectivity index (χ3v) is 3.68. The number of nitrogens with one attached hydrogen (secondary N) is 1. The molecule has 0 saturated carbocycles. The van der Waals surface area contributed by atoms with Crippen molar-refractivity contribution in [2.45, 2.75) is 26.1 Å². The summed E-state index contributed by atoms with van der Waals surface area (Å²) in [7, 11) is 1.56. The number of halogens is 1. The molecule has 1 N–H and O–H groups in total. The maximum Gasteiger partial charge on any atom is 0.347 e. The Bertz CT molecular complexity index is 766. The van der Waals surface area contributed by atoms with E-state index in [0.29, 0.717) is 17.2 Å². The lowest BCUT2D eigenvalue weighted by molar-refractivity contribution is -0.159. The number of benzene rings is 1. The number of anilines is 1. The van der Waals surface area contributed by atoms with Crippen molar-refractivity contribution >= 4 is 29.2 Å². The zero-order chi connectivity index (χ0) is 19.1. The first-order valence-electron chi connectivity index (χ1n) is 7.83. The fourth-order valence-corrected chi connectivity index (χ4v) is 2.11. The van der Waals surface area contributed by atoms with Gasteiger partial charge in [-0.2, -0.15) is 0 Å². The first kappa shape index (κ1) is 19.5. The molecule has 0 aliphatic carbocycles. The lowest BCUT2D eigenvalue weighted by Crippen LogP contribution is -2.35. The monoisotopic (exact) mass is 378 g/mol. The fraction of sp³-hybridized carbons (Fsp3) is 0.278.